The summed E-state index contributed by atoms with van der Waals surface area (Å²) < 4.78 is 34.3. The van der Waals surface area contributed by atoms with E-state index in [1.807, 2.05) is 6.08 Å². The summed E-state index contributed by atoms with van der Waals surface area (Å²) in [6, 6.07) is -0.994. The minimum atomic E-state index is -1.98. The van der Waals surface area contributed by atoms with Crippen LogP contribution in [0.4, 0.5) is 0 Å². The number of aliphatic hydroxyl groups excluding tert-OH is 11. The van der Waals surface area contributed by atoms with Crippen molar-refractivity contribution in [2.24, 2.45) is 0 Å². The van der Waals surface area contributed by atoms with Gasteiger partial charge in [0, 0.05) is 6.42 Å². The molecule has 92 heavy (non-hydrogen) atoms. The molecule has 17 unspecified atom stereocenters. The first-order valence-corrected chi connectivity index (χ1v) is 37.2. The maximum Gasteiger partial charge on any atom is 0.220 e. The standard InChI is InChI=1S/C73H135NO18/c1-3-5-7-9-11-13-15-17-19-20-21-22-23-24-25-26-27-28-29-30-31-32-33-34-35-36-37-38-40-42-44-46-48-50-57(78)56(74-61(79)51-49-47-45-43-41-39-18-16-14-12-10-8-6-4-2)55-87-71-67(85)64(82)69(59(53-76)89-71)92-73-68(86)65(83)70(60(54-77)90-73)91-72-66(84)63(81)62(80)58(52-75)88-72/h16,18,40,42,48,50,56-60,62-73,75-78,80-86H,3-15,17,19-39,41,43-47,49,51-55H2,1-2H3,(H,74,79)/b18-16-,42-40+,50-48+. The zero-order valence-corrected chi connectivity index (χ0v) is 57.3. The highest BCUT2D eigenvalue weighted by Gasteiger charge is 2.53. The first-order chi connectivity index (χ1) is 44.8. The largest absolute Gasteiger partial charge is 0.394 e. The van der Waals surface area contributed by atoms with Crippen molar-refractivity contribution >= 4 is 5.91 Å². The molecule has 3 aliphatic heterocycles. The molecule has 0 saturated carbocycles. The predicted octanol–water partition coefficient (Wildman–Crippen LogP) is 10.8. The molecule has 3 saturated heterocycles. The van der Waals surface area contributed by atoms with Crippen molar-refractivity contribution in [3.05, 3.63) is 36.5 Å². The van der Waals surface area contributed by atoms with Crippen molar-refractivity contribution in [3.8, 4) is 0 Å². The van der Waals surface area contributed by atoms with Crippen molar-refractivity contribution in [3.63, 3.8) is 0 Å². The Kier molecular flexibility index (Phi) is 50.3. The quantitative estimate of drug-likeness (QED) is 0.0199. The van der Waals surface area contributed by atoms with Crippen molar-refractivity contribution in [2.45, 2.75) is 394 Å². The van der Waals surface area contributed by atoms with Crippen LogP contribution in [-0.2, 0) is 33.2 Å². The van der Waals surface area contributed by atoms with Crippen LogP contribution >= 0.6 is 0 Å². The summed E-state index contributed by atoms with van der Waals surface area (Å²) >= 11 is 0. The van der Waals surface area contributed by atoms with Gasteiger partial charge in [0.1, 0.15) is 73.2 Å². The van der Waals surface area contributed by atoms with Crippen LogP contribution in [0.25, 0.3) is 0 Å². The van der Waals surface area contributed by atoms with Gasteiger partial charge in [-0.25, -0.2) is 0 Å². The Balaban J connectivity index is 1.37. The zero-order chi connectivity index (χ0) is 66.8. The van der Waals surface area contributed by atoms with E-state index in [1.54, 1.807) is 6.08 Å². The van der Waals surface area contributed by atoms with Gasteiger partial charge in [0.25, 0.3) is 0 Å². The lowest BCUT2D eigenvalue weighted by atomic mass is 9.96. The summed E-state index contributed by atoms with van der Waals surface area (Å²) in [5, 5.41) is 120. The molecule has 17 atom stereocenters. The number of aliphatic hydroxyl groups is 11. The molecule has 0 spiro atoms. The second-order valence-electron chi connectivity index (χ2n) is 26.7. The molecule has 3 aliphatic rings. The molecule has 3 fully saturated rings. The molecule has 1 amide bonds. The average Bonchev–Trinajstić information content (AvgIpc) is 0.827. The maximum atomic E-state index is 13.4. The fourth-order valence-electron chi connectivity index (χ4n) is 12.6. The van der Waals surface area contributed by atoms with Gasteiger partial charge in [0.2, 0.25) is 5.91 Å². The van der Waals surface area contributed by atoms with Crippen LogP contribution in [-0.4, -0.2) is 193 Å². The number of nitrogens with one attached hydrogen (secondary N) is 1. The number of rotatable bonds is 58. The van der Waals surface area contributed by atoms with E-state index in [-0.39, 0.29) is 18.9 Å². The summed E-state index contributed by atoms with van der Waals surface area (Å²) in [6.45, 7) is 1.72. The molecule has 0 aromatic rings. The number of unbranched alkanes of at least 4 members (excludes halogenated alkanes) is 38. The van der Waals surface area contributed by atoms with E-state index in [4.69, 9.17) is 28.4 Å². The van der Waals surface area contributed by atoms with Gasteiger partial charge in [-0.2, -0.15) is 0 Å². The summed E-state index contributed by atoms with van der Waals surface area (Å²) in [4.78, 5) is 13.4. The van der Waals surface area contributed by atoms with Gasteiger partial charge in [-0.15, -0.1) is 0 Å². The van der Waals surface area contributed by atoms with Crippen LogP contribution in [0.15, 0.2) is 36.5 Å². The molecule has 540 valence electrons. The Bertz CT molecular complexity index is 1810. The third-order valence-electron chi connectivity index (χ3n) is 18.7. The molecule has 3 heterocycles. The fourth-order valence-corrected chi connectivity index (χ4v) is 12.6. The van der Waals surface area contributed by atoms with Crippen LogP contribution in [0.3, 0.4) is 0 Å². The Morgan fingerprint density at radius 3 is 1.09 bits per heavy atom. The molecule has 12 N–H and O–H groups in total. The molecule has 19 heteroatoms. The topological polar surface area (TPSA) is 307 Å². The smallest absolute Gasteiger partial charge is 0.220 e. The molecule has 19 nitrogen and oxygen atoms in total. The average molecular weight is 1310 g/mol. The van der Waals surface area contributed by atoms with Crippen molar-refractivity contribution in [2.75, 3.05) is 26.4 Å². The lowest BCUT2D eigenvalue weighted by molar-refractivity contribution is -0.379. The first kappa shape index (κ1) is 84.2. The number of carbonyl (C=O) groups excluding carboxylic acids is 1. The molecule has 0 aliphatic carbocycles. The number of hydrogen-bond donors (Lipinski definition) is 12. The van der Waals surface area contributed by atoms with Crippen LogP contribution in [0.2, 0.25) is 0 Å². The van der Waals surface area contributed by atoms with Crippen molar-refractivity contribution in [1.29, 1.82) is 0 Å². The number of hydrogen-bond acceptors (Lipinski definition) is 18. The Morgan fingerprint density at radius 1 is 0.380 bits per heavy atom. The van der Waals surface area contributed by atoms with Crippen LogP contribution in [0.5, 0.6) is 0 Å². The lowest BCUT2D eigenvalue weighted by Gasteiger charge is -2.48. The molecule has 0 aromatic carbocycles. The van der Waals surface area contributed by atoms with Gasteiger partial charge < -0.3 is 89.9 Å². The third kappa shape index (κ3) is 36.0. The molecule has 3 rings (SSSR count). The SMILES string of the molecule is CCCCCCC/C=C\CCCCCCCC(=O)NC(COC1OC(CO)C(OC2OC(CO)C(OC3OC(CO)C(O)C(O)C3O)C(O)C2O)C(O)C1O)C(O)/C=C/CC/C=C/CCCCCCCCCCCCCCCCCCCCCCCCCCCCC. The van der Waals surface area contributed by atoms with Gasteiger partial charge in [0.15, 0.2) is 18.9 Å². The number of allylic oxidation sites excluding steroid dienone is 5. The van der Waals surface area contributed by atoms with Gasteiger partial charge in [-0.3, -0.25) is 4.79 Å². The predicted molar refractivity (Wildman–Crippen MR) is 360 cm³/mol. The van der Waals surface area contributed by atoms with E-state index in [0.717, 1.165) is 57.8 Å². The maximum absolute atomic E-state index is 13.4. The monoisotopic (exact) mass is 1310 g/mol. The highest BCUT2D eigenvalue weighted by atomic mass is 16.8. The number of ether oxygens (including phenoxy) is 6. The summed E-state index contributed by atoms with van der Waals surface area (Å²) in [5.74, 6) is -0.292. The van der Waals surface area contributed by atoms with Gasteiger partial charge in [-0.05, 0) is 57.8 Å². The van der Waals surface area contributed by atoms with E-state index in [1.165, 1.54) is 199 Å². The summed E-state index contributed by atoms with van der Waals surface area (Å²) in [7, 11) is 0. The highest BCUT2D eigenvalue weighted by Crippen LogP contribution is 2.33. The molecular formula is C73H135NO18. The second-order valence-corrected chi connectivity index (χ2v) is 26.7. The Hall–Kier alpha value is -1.99. The van der Waals surface area contributed by atoms with Crippen LogP contribution in [0.1, 0.15) is 290 Å². The van der Waals surface area contributed by atoms with Gasteiger partial charge in [-0.1, -0.05) is 262 Å². The zero-order valence-electron chi connectivity index (χ0n) is 57.3. The van der Waals surface area contributed by atoms with E-state index in [2.05, 4.69) is 43.5 Å². The number of amides is 1. The Labute approximate surface area is 555 Å². The molecule has 0 aromatic heterocycles. The number of carbonyl (C=O) groups is 1. The molecule has 0 radical (unpaired) electrons. The normalized spacial score (nSPS) is 27.9. The van der Waals surface area contributed by atoms with E-state index < -0.39 is 124 Å². The summed E-state index contributed by atoms with van der Waals surface area (Å²) in [5.41, 5.74) is 0. The van der Waals surface area contributed by atoms with E-state index in [9.17, 15) is 61.0 Å². The summed E-state index contributed by atoms with van der Waals surface area (Å²) in [6.07, 6.45) is 38.7. The minimum absolute atomic E-state index is 0.226. The Morgan fingerprint density at radius 2 is 0.696 bits per heavy atom. The van der Waals surface area contributed by atoms with E-state index in [0.29, 0.717) is 12.8 Å². The molecule has 0 bridgehead atoms. The van der Waals surface area contributed by atoms with Gasteiger partial charge in [0.05, 0.1) is 38.6 Å². The van der Waals surface area contributed by atoms with Crippen molar-refractivity contribution in [1.82, 2.24) is 5.32 Å². The molecular weight excluding hydrogens is 1180 g/mol. The van der Waals surface area contributed by atoms with Crippen molar-refractivity contribution < 1.29 is 89.4 Å². The third-order valence-corrected chi connectivity index (χ3v) is 18.7. The van der Waals surface area contributed by atoms with Crippen LogP contribution in [0, 0.1) is 0 Å². The van der Waals surface area contributed by atoms with Gasteiger partial charge >= 0.3 is 0 Å². The van der Waals surface area contributed by atoms with E-state index >= 15 is 0 Å². The second kappa shape index (κ2) is 55.0. The van der Waals surface area contributed by atoms with Crippen LogP contribution < -0.4 is 5.32 Å². The fraction of sp³-hybridized carbons (Fsp3) is 0.904. The minimum Gasteiger partial charge on any atom is -0.394 e. The first-order valence-electron chi connectivity index (χ1n) is 37.2. The highest BCUT2D eigenvalue weighted by molar-refractivity contribution is 5.76. The lowest BCUT2D eigenvalue weighted by Crippen LogP contribution is -2.66.